The summed E-state index contributed by atoms with van der Waals surface area (Å²) in [4.78, 5) is 12.0. The fourth-order valence-corrected chi connectivity index (χ4v) is 2.29. The lowest BCUT2D eigenvalue weighted by Gasteiger charge is -2.11. The topological polar surface area (TPSA) is 58.9 Å². The van der Waals surface area contributed by atoms with Gasteiger partial charge in [-0.15, -0.1) is 0 Å². The molecule has 2 atom stereocenters. The van der Waals surface area contributed by atoms with Gasteiger partial charge in [0, 0.05) is 5.69 Å². The minimum Gasteiger partial charge on any atom is -0.463 e. The lowest BCUT2D eigenvalue weighted by atomic mass is 9.99. The Labute approximate surface area is 131 Å². The summed E-state index contributed by atoms with van der Waals surface area (Å²) in [5.41, 5.74) is 2.15. The molecule has 3 N–H and O–H groups in total. The lowest BCUT2D eigenvalue weighted by molar-refractivity contribution is -0.684. The van der Waals surface area contributed by atoms with Crippen molar-refractivity contribution in [3.05, 3.63) is 54.0 Å². The molecule has 2 rings (SSSR count). The summed E-state index contributed by atoms with van der Waals surface area (Å²) in [6.07, 6.45) is 2.77. The molecule has 1 heterocycles. The largest absolute Gasteiger partial charge is 0.463 e. The van der Waals surface area contributed by atoms with Gasteiger partial charge in [0.15, 0.2) is 12.3 Å². The predicted molar refractivity (Wildman–Crippen MR) is 87.7 cm³/mol. The van der Waals surface area contributed by atoms with Gasteiger partial charge in [0.2, 0.25) is 0 Å². The first-order valence-electron chi connectivity index (χ1n) is 7.86. The number of benzene rings is 1. The van der Waals surface area contributed by atoms with Gasteiger partial charge in [0.05, 0.1) is 6.26 Å². The van der Waals surface area contributed by atoms with Gasteiger partial charge in [-0.1, -0.05) is 26.0 Å². The maximum absolute atomic E-state index is 12.0. The Hall–Kier alpha value is -2.07. The Balaban J connectivity index is 1.81. The van der Waals surface area contributed by atoms with Crippen molar-refractivity contribution >= 4 is 11.6 Å². The number of quaternary nitrogens is 1. The maximum Gasteiger partial charge on any atom is 0.279 e. The highest BCUT2D eigenvalue weighted by atomic mass is 16.3. The summed E-state index contributed by atoms with van der Waals surface area (Å²) in [7, 11) is 0. The van der Waals surface area contributed by atoms with Crippen molar-refractivity contribution in [2.45, 2.75) is 39.2 Å². The smallest absolute Gasteiger partial charge is 0.279 e. The number of carbonyl (C=O) groups excluding carboxylic acids is 1. The monoisotopic (exact) mass is 301 g/mol. The zero-order valence-electron chi connectivity index (χ0n) is 13.5. The average molecular weight is 301 g/mol. The highest BCUT2D eigenvalue weighted by Crippen LogP contribution is 2.20. The van der Waals surface area contributed by atoms with Crippen LogP contribution in [0.3, 0.4) is 0 Å². The Kier molecular flexibility index (Phi) is 5.78. The first kappa shape index (κ1) is 16.3. The molecule has 0 spiro atoms. The van der Waals surface area contributed by atoms with Crippen molar-refractivity contribution in [2.24, 2.45) is 0 Å². The number of furan rings is 1. The quantitative estimate of drug-likeness (QED) is 0.825. The van der Waals surface area contributed by atoms with Crippen LogP contribution in [0.5, 0.6) is 0 Å². The molecule has 2 aromatic rings. The molecule has 0 saturated carbocycles. The van der Waals surface area contributed by atoms with Crippen molar-refractivity contribution in [1.82, 2.24) is 0 Å². The number of carbonyl (C=O) groups is 1. The first-order valence-corrected chi connectivity index (χ1v) is 7.86. The number of hydrogen-bond donors (Lipinski definition) is 2. The van der Waals surface area contributed by atoms with Crippen LogP contribution in [0.1, 0.15) is 50.5 Å². The van der Waals surface area contributed by atoms with E-state index in [-0.39, 0.29) is 11.9 Å². The molecule has 0 bridgehead atoms. The molecule has 4 heteroatoms. The van der Waals surface area contributed by atoms with E-state index in [0.717, 1.165) is 17.9 Å². The summed E-state index contributed by atoms with van der Waals surface area (Å²) in [5.74, 6) is 1.42. The second kappa shape index (κ2) is 7.80. The number of nitrogens with two attached hydrogens (primary N) is 1. The van der Waals surface area contributed by atoms with Crippen LogP contribution >= 0.6 is 0 Å². The number of nitrogens with one attached hydrogen (secondary N) is 1. The highest BCUT2D eigenvalue weighted by Gasteiger charge is 2.13. The zero-order chi connectivity index (χ0) is 15.9. The van der Waals surface area contributed by atoms with E-state index in [9.17, 15) is 4.79 Å². The third-order valence-corrected chi connectivity index (χ3v) is 4.02. The molecule has 0 fully saturated rings. The standard InChI is InChI=1S/C18H24N2O2/c1-4-13(2)15-7-9-16(10-8-15)20-18(21)12-19-14(3)17-6-5-11-22-17/h5-11,13-14,19H,4,12H2,1-3H3,(H,20,21)/p+1/t13-,14-/m1/s1. The van der Waals surface area contributed by atoms with E-state index in [1.54, 1.807) is 6.26 Å². The minimum atomic E-state index is -0.00491. The fourth-order valence-electron chi connectivity index (χ4n) is 2.29. The van der Waals surface area contributed by atoms with Crippen LogP contribution in [0.4, 0.5) is 5.69 Å². The molecule has 0 saturated heterocycles. The van der Waals surface area contributed by atoms with E-state index in [2.05, 4.69) is 31.3 Å². The second-order valence-electron chi connectivity index (χ2n) is 5.72. The Morgan fingerprint density at radius 1 is 1.23 bits per heavy atom. The van der Waals surface area contributed by atoms with E-state index < -0.39 is 0 Å². The van der Waals surface area contributed by atoms with Crippen LogP contribution in [0.15, 0.2) is 47.1 Å². The minimum absolute atomic E-state index is 0.00491. The van der Waals surface area contributed by atoms with Gasteiger partial charge >= 0.3 is 0 Å². The van der Waals surface area contributed by atoms with Crippen molar-refractivity contribution in [3.8, 4) is 0 Å². The van der Waals surface area contributed by atoms with Crippen molar-refractivity contribution in [2.75, 3.05) is 11.9 Å². The molecule has 4 nitrogen and oxygen atoms in total. The van der Waals surface area contributed by atoms with Gasteiger partial charge < -0.3 is 15.1 Å². The number of anilines is 1. The summed E-state index contributed by atoms with van der Waals surface area (Å²) >= 11 is 0. The van der Waals surface area contributed by atoms with Gasteiger partial charge in [-0.2, -0.15) is 0 Å². The van der Waals surface area contributed by atoms with Gasteiger partial charge in [-0.05, 0) is 49.1 Å². The van der Waals surface area contributed by atoms with E-state index in [1.165, 1.54) is 5.56 Å². The predicted octanol–water partition coefficient (Wildman–Crippen LogP) is 3.06. The summed E-state index contributed by atoms with van der Waals surface area (Å²) in [6.45, 7) is 6.77. The summed E-state index contributed by atoms with van der Waals surface area (Å²) < 4.78 is 5.33. The summed E-state index contributed by atoms with van der Waals surface area (Å²) in [6, 6.07) is 12.0. The van der Waals surface area contributed by atoms with Gasteiger partial charge in [0.1, 0.15) is 6.04 Å². The van der Waals surface area contributed by atoms with Gasteiger partial charge in [0.25, 0.3) is 5.91 Å². The zero-order valence-corrected chi connectivity index (χ0v) is 13.5. The molecule has 0 aliphatic heterocycles. The molecule has 1 aromatic heterocycles. The highest BCUT2D eigenvalue weighted by molar-refractivity contribution is 5.91. The van der Waals surface area contributed by atoms with Crippen LogP contribution in [-0.4, -0.2) is 12.5 Å². The first-order chi connectivity index (χ1) is 10.6. The second-order valence-corrected chi connectivity index (χ2v) is 5.72. The molecular formula is C18H25N2O2+. The Morgan fingerprint density at radius 3 is 2.55 bits per heavy atom. The third-order valence-electron chi connectivity index (χ3n) is 4.02. The molecule has 0 radical (unpaired) electrons. The van der Waals surface area contributed by atoms with Gasteiger partial charge in [-0.25, -0.2) is 0 Å². The molecule has 0 unspecified atom stereocenters. The van der Waals surface area contributed by atoms with Crippen molar-refractivity contribution in [1.29, 1.82) is 0 Å². The van der Waals surface area contributed by atoms with Crippen LogP contribution < -0.4 is 10.6 Å². The van der Waals surface area contributed by atoms with Crippen LogP contribution in [-0.2, 0) is 4.79 Å². The SMILES string of the molecule is CC[C@@H](C)c1ccc(NC(=O)C[NH2+][C@H](C)c2ccco2)cc1. The Morgan fingerprint density at radius 2 is 1.95 bits per heavy atom. The van der Waals surface area contributed by atoms with Gasteiger partial charge in [-0.3, -0.25) is 4.79 Å². The van der Waals surface area contributed by atoms with Crippen LogP contribution in [0.2, 0.25) is 0 Å². The fraction of sp³-hybridized carbons (Fsp3) is 0.389. The number of hydrogen-bond acceptors (Lipinski definition) is 2. The molecule has 22 heavy (non-hydrogen) atoms. The number of amides is 1. The molecule has 1 aromatic carbocycles. The maximum atomic E-state index is 12.0. The molecule has 0 aliphatic carbocycles. The average Bonchev–Trinajstić information content (AvgIpc) is 3.07. The normalized spacial score (nSPS) is 13.6. The van der Waals surface area contributed by atoms with E-state index in [0.29, 0.717) is 12.5 Å². The van der Waals surface area contributed by atoms with E-state index in [1.807, 2.05) is 36.5 Å². The van der Waals surface area contributed by atoms with Crippen molar-refractivity contribution < 1.29 is 14.5 Å². The molecule has 118 valence electrons. The van der Waals surface area contributed by atoms with Crippen LogP contribution in [0.25, 0.3) is 0 Å². The third kappa shape index (κ3) is 4.46. The van der Waals surface area contributed by atoms with E-state index in [4.69, 9.17) is 4.42 Å². The molecule has 0 aliphatic rings. The van der Waals surface area contributed by atoms with Crippen LogP contribution in [0, 0.1) is 0 Å². The molecule has 1 amide bonds. The molecular weight excluding hydrogens is 276 g/mol. The Bertz CT molecular complexity index is 576. The lowest BCUT2D eigenvalue weighted by Crippen LogP contribution is -2.86. The van der Waals surface area contributed by atoms with E-state index >= 15 is 0 Å². The number of rotatable bonds is 7. The summed E-state index contributed by atoms with van der Waals surface area (Å²) in [5, 5.41) is 4.89. The van der Waals surface area contributed by atoms with Crippen molar-refractivity contribution in [3.63, 3.8) is 0 Å².